The number of aryl methyl sites for hydroxylation is 1. The highest BCUT2D eigenvalue weighted by atomic mass is 32.1. The van der Waals surface area contributed by atoms with Crippen LogP contribution in [0, 0.1) is 0 Å². The largest absolute Gasteiger partial charge is 0.457 e. The molecule has 1 aliphatic heterocycles. The molecule has 4 heterocycles. The highest BCUT2D eigenvalue weighted by Gasteiger charge is 2.49. The van der Waals surface area contributed by atoms with Crippen LogP contribution in [0.1, 0.15) is 0 Å². The Morgan fingerprint density at radius 1 is 0.554 bits per heavy atom. The predicted molar refractivity (Wildman–Crippen MR) is 235 cm³/mol. The van der Waals surface area contributed by atoms with Gasteiger partial charge in [0.15, 0.2) is 8.07 Å². The van der Waals surface area contributed by atoms with Gasteiger partial charge < -0.3 is 9.30 Å². The summed E-state index contributed by atoms with van der Waals surface area (Å²) in [4.78, 5) is 12.3. The molecule has 7 heteroatoms. The van der Waals surface area contributed by atoms with E-state index < -0.39 is 8.07 Å². The number of imidazole rings is 1. The van der Waals surface area contributed by atoms with E-state index in [1.165, 1.54) is 40.9 Å². The van der Waals surface area contributed by atoms with Gasteiger partial charge in [-0.1, -0.05) is 121 Å². The SMILES string of the molecule is Cn1c(-c2cccc(Oc3ccc4c(c3)N(c3ccccn3)c3cc5sc6ccccc6c5cc3[Si]4(c3ccccc3)c3ccccc3)c2)nc2ccccc21. The molecule has 0 fully saturated rings. The predicted octanol–water partition coefficient (Wildman–Crippen LogP) is 9.96. The van der Waals surface area contributed by atoms with Crippen molar-refractivity contribution in [3.63, 3.8) is 0 Å². The summed E-state index contributed by atoms with van der Waals surface area (Å²) in [5.41, 5.74) is 5.28. The van der Waals surface area contributed by atoms with Gasteiger partial charge in [-0.25, -0.2) is 9.97 Å². The molecule has 0 aliphatic carbocycles. The van der Waals surface area contributed by atoms with Gasteiger partial charge in [0.1, 0.15) is 23.1 Å². The molecule has 5 nitrogen and oxygen atoms in total. The van der Waals surface area contributed by atoms with Crippen molar-refractivity contribution in [3.05, 3.63) is 188 Å². The molecule has 0 saturated heterocycles. The van der Waals surface area contributed by atoms with E-state index in [9.17, 15) is 0 Å². The first-order chi connectivity index (χ1) is 27.7. The van der Waals surface area contributed by atoms with Crippen molar-refractivity contribution < 1.29 is 4.74 Å². The summed E-state index contributed by atoms with van der Waals surface area (Å²) in [5.74, 6) is 3.26. The van der Waals surface area contributed by atoms with E-state index in [1.54, 1.807) is 0 Å². The number of aromatic nitrogens is 3. The number of thiophene rings is 1. The number of nitrogens with zero attached hydrogens (tertiary/aromatic N) is 4. The maximum absolute atomic E-state index is 6.82. The van der Waals surface area contributed by atoms with Crippen molar-refractivity contribution in [2.45, 2.75) is 0 Å². The first-order valence-corrected chi connectivity index (χ1v) is 21.6. The molecule has 0 atom stereocenters. The molecule has 10 aromatic rings. The van der Waals surface area contributed by atoms with E-state index in [0.717, 1.165) is 51.1 Å². The Bertz CT molecular complexity index is 3050. The molecule has 0 radical (unpaired) electrons. The number of rotatable bonds is 6. The summed E-state index contributed by atoms with van der Waals surface area (Å²) in [6.45, 7) is 0. The molecule has 0 spiro atoms. The van der Waals surface area contributed by atoms with Gasteiger partial charge in [0.05, 0.1) is 16.7 Å². The number of benzene rings is 7. The van der Waals surface area contributed by atoms with Crippen LogP contribution in [0.15, 0.2) is 188 Å². The Kier molecular flexibility index (Phi) is 7.52. The molecule has 56 heavy (non-hydrogen) atoms. The summed E-state index contributed by atoms with van der Waals surface area (Å²) in [5, 5.41) is 7.87. The number of fused-ring (bicyclic) bond motifs is 6. The molecular weight excluding hydrogens is 721 g/mol. The molecule has 1 aliphatic rings. The summed E-state index contributed by atoms with van der Waals surface area (Å²) >= 11 is 1.85. The summed E-state index contributed by atoms with van der Waals surface area (Å²) in [6.07, 6.45) is 1.88. The van der Waals surface area contributed by atoms with E-state index in [2.05, 4.69) is 168 Å². The molecule has 0 saturated carbocycles. The fourth-order valence-electron chi connectivity index (χ4n) is 8.73. The highest BCUT2D eigenvalue weighted by molar-refractivity contribution is 7.26. The quantitative estimate of drug-likeness (QED) is 0.159. The normalized spacial score (nSPS) is 13.2. The second-order valence-corrected chi connectivity index (χ2v) is 19.1. The third-order valence-corrected chi connectivity index (χ3v) is 17.1. The number of ether oxygens (including phenoxy) is 1. The van der Waals surface area contributed by atoms with Crippen LogP contribution in [0.4, 0.5) is 17.2 Å². The van der Waals surface area contributed by atoms with Crippen LogP contribution in [0.2, 0.25) is 0 Å². The third-order valence-electron chi connectivity index (χ3n) is 11.2. The molecule has 0 N–H and O–H groups in total. The second-order valence-electron chi connectivity index (χ2n) is 14.3. The van der Waals surface area contributed by atoms with Crippen molar-refractivity contribution in [1.29, 1.82) is 0 Å². The van der Waals surface area contributed by atoms with Gasteiger partial charge in [-0.15, -0.1) is 11.3 Å². The van der Waals surface area contributed by atoms with E-state index >= 15 is 0 Å². The number of hydrogen-bond donors (Lipinski definition) is 0. The van der Waals surface area contributed by atoms with Crippen molar-refractivity contribution in [3.8, 4) is 22.9 Å². The van der Waals surface area contributed by atoms with E-state index in [0.29, 0.717) is 0 Å². The van der Waals surface area contributed by atoms with E-state index in [4.69, 9.17) is 14.7 Å². The minimum absolute atomic E-state index is 0.747. The first-order valence-electron chi connectivity index (χ1n) is 18.8. The zero-order valence-electron chi connectivity index (χ0n) is 30.5. The van der Waals surface area contributed by atoms with E-state index in [1.807, 2.05) is 47.9 Å². The molecule has 0 bridgehead atoms. The van der Waals surface area contributed by atoms with Gasteiger partial charge in [-0.3, -0.25) is 4.90 Å². The van der Waals surface area contributed by atoms with Gasteiger partial charge in [0.25, 0.3) is 0 Å². The lowest BCUT2D eigenvalue weighted by Crippen LogP contribution is -2.77. The summed E-state index contributed by atoms with van der Waals surface area (Å²) < 4.78 is 11.5. The van der Waals surface area contributed by atoms with Crippen molar-refractivity contribution in [1.82, 2.24) is 14.5 Å². The molecule has 0 unspecified atom stereocenters. The lowest BCUT2D eigenvalue weighted by Gasteiger charge is -2.44. The van der Waals surface area contributed by atoms with Crippen LogP contribution >= 0.6 is 11.3 Å². The Morgan fingerprint density at radius 2 is 1.27 bits per heavy atom. The Hall–Kier alpha value is -6.80. The monoisotopic (exact) mass is 754 g/mol. The van der Waals surface area contributed by atoms with Gasteiger partial charge in [-0.2, -0.15) is 0 Å². The Morgan fingerprint density at radius 3 is 2.05 bits per heavy atom. The standard InChI is InChI=1S/C49H34N4OSSi/c1-52-41-23-10-9-22-40(41)51-49(52)33-15-14-16-34(29-33)54-35-26-27-46-42(30-35)53(48-25-12-13-28-50-48)43-32-45-39(38-21-8-11-24-44(38)55-45)31-47(43)56(46,36-17-4-2-5-18-36)37-19-6-3-7-20-37/h2-32H,1H3. The van der Waals surface area contributed by atoms with Gasteiger partial charge in [0.2, 0.25) is 0 Å². The molecule has 7 aromatic carbocycles. The van der Waals surface area contributed by atoms with Gasteiger partial charge >= 0.3 is 0 Å². The molecule has 3 aromatic heterocycles. The van der Waals surface area contributed by atoms with Crippen LogP contribution in [-0.4, -0.2) is 22.6 Å². The second kappa shape index (κ2) is 12.9. The van der Waals surface area contributed by atoms with Crippen molar-refractivity contribution >= 4 is 88.6 Å². The molecule has 0 amide bonds. The Labute approximate surface area is 329 Å². The number of para-hydroxylation sites is 2. The van der Waals surface area contributed by atoms with Crippen LogP contribution in [0.3, 0.4) is 0 Å². The fraction of sp³-hybridized carbons (Fsp3) is 0.0204. The maximum Gasteiger partial charge on any atom is 0.184 e. The first kappa shape index (κ1) is 32.6. The zero-order valence-corrected chi connectivity index (χ0v) is 32.3. The fourth-order valence-corrected chi connectivity index (χ4v) is 14.9. The van der Waals surface area contributed by atoms with Crippen LogP contribution in [0.5, 0.6) is 11.5 Å². The Balaban J connectivity index is 1.16. The number of pyridine rings is 1. The van der Waals surface area contributed by atoms with Crippen LogP contribution in [-0.2, 0) is 7.05 Å². The number of hydrogen-bond acceptors (Lipinski definition) is 5. The van der Waals surface area contributed by atoms with Gasteiger partial charge in [-0.05, 0) is 75.3 Å². The van der Waals surface area contributed by atoms with Crippen LogP contribution in [0.25, 0.3) is 42.6 Å². The summed E-state index contributed by atoms with van der Waals surface area (Å²) in [6, 6.07) is 65.3. The molecular formula is C49H34N4OSSi. The lowest BCUT2D eigenvalue weighted by atomic mass is 10.1. The topological polar surface area (TPSA) is 43.2 Å². The smallest absolute Gasteiger partial charge is 0.184 e. The van der Waals surface area contributed by atoms with Crippen molar-refractivity contribution in [2.24, 2.45) is 7.05 Å². The van der Waals surface area contributed by atoms with Gasteiger partial charge in [0, 0.05) is 50.7 Å². The zero-order chi connectivity index (χ0) is 37.2. The minimum atomic E-state index is -2.95. The lowest BCUT2D eigenvalue weighted by molar-refractivity contribution is 0.483. The highest BCUT2D eigenvalue weighted by Crippen LogP contribution is 2.43. The van der Waals surface area contributed by atoms with Crippen molar-refractivity contribution in [2.75, 3.05) is 4.90 Å². The number of anilines is 3. The maximum atomic E-state index is 6.82. The molecule has 11 rings (SSSR count). The summed E-state index contributed by atoms with van der Waals surface area (Å²) in [7, 11) is -0.888. The third kappa shape index (κ3) is 4.98. The molecule has 266 valence electrons. The van der Waals surface area contributed by atoms with E-state index in [-0.39, 0.29) is 0 Å². The average molecular weight is 755 g/mol. The average Bonchev–Trinajstić information content (AvgIpc) is 3.80. The minimum Gasteiger partial charge on any atom is -0.457 e. The van der Waals surface area contributed by atoms with Crippen LogP contribution < -0.4 is 30.4 Å².